The van der Waals surface area contributed by atoms with E-state index in [0.717, 1.165) is 0 Å². The van der Waals surface area contributed by atoms with Gasteiger partial charge in [-0.3, -0.25) is 0 Å². The normalized spacial score (nSPS) is 12.9. The van der Waals surface area contributed by atoms with Gasteiger partial charge in [0.15, 0.2) is 0 Å². The highest BCUT2D eigenvalue weighted by Gasteiger charge is 2.35. The van der Waals surface area contributed by atoms with Gasteiger partial charge in [-0.2, -0.15) is 0 Å². The number of benzene rings is 4. The van der Waals surface area contributed by atoms with E-state index < -0.39 is 0 Å². The van der Waals surface area contributed by atoms with Gasteiger partial charge < -0.3 is 0 Å². The van der Waals surface area contributed by atoms with E-state index in [4.69, 9.17) is 0 Å². The third-order valence-electron chi connectivity index (χ3n) is 6.82. The summed E-state index contributed by atoms with van der Waals surface area (Å²) in [5.41, 5.74) is 13.0. The van der Waals surface area contributed by atoms with Gasteiger partial charge >= 0.3 is 0 Å². The van der Waals surface area contributed by atoms with Crippen LogP contribution in [0.25, 0.3) is 35.4 Å². The minimum atomic E-state index is -0.0217. The molecule has 4 aromatic carbocycles. The summed E-state index contributed by atoms with van der Waals surface area (Å²) in [6.07, 6.45) is 8.84. The Bertz CT molecular complexity index is 1250. The third kappa shape index (κ3) is 6.38. The molecule has 5 rings (SSSR count). The SMILES string of the molecule is CC.CC.Cc1ccc(C=Cc2ccc3c(c2)C(C)(C)c2cc(C=Cc4ccc(C)cc4)ccc2-3)cc1. The van der Waals surface area contributed by atoms with Crippen LogP contribution in [0.3, 0.4) is 0 Å². The van der Waals surface area contributed by atoms with Crippen molar-refractivity contribution < 1.29 is 0 Å². The van der Waals surface area contributed by atoms with Crippen molar-refractivity contribution in [2.75, 3.05) is 0 Å². The molecular formula is C37H42. The quantitative estimate of drug-likeness (QED) is 0.252. The van der Waals surface area contributed by atoms with Crippen molar-refractivity contribution >= 4 is 24.3 Å². The maximum atomic E-state index is 2.36. The fourth-order valence-electron chi connectivity index (χ4n) is 4.72. The Morgan fingerprint density at radius 2 is 0.730 bits per heavy atom. The molecule has 0 N–H and O–H groups in total. The van der Waals surface area contributed by atoms with Gasteiger partial charge in [0, 0.05) is 5.41 Å². The largest absolute Gasteiger partial charge is 0.0683 e. The number of hydrogen-bond donors (Lipinski definition) is 0. The summed E-state index contributed by atoms with van der Waals surface area (Å²) in [6.45, 7) is 16.9. The molecule has 1 aliphatic rings. The van der Waals surface area contributed by atoms with Gasteiger partial charge in [0.1, 0.15) is 0 Å². The summed E-state index contributed by atoms with van der Waals surface area (Å²) in [6, 6.07) is 31.1. The standard InChI is InChI=1S/C33H30.2C2H6/c1-23-5-9-25(10-6-23)13-15-27-17-19-29-30-20-18-28(16-14-26-11-7-24(2)8-12-26)22-32(30)33(3,4)31(29)21-27;2*1-2/h5-22H,1-4H3;2*1-2H3. The van der Waals surface area contributed by atoms with Crippen molar-refractivity contribution in [3.05, 3.63) is 129 Å². The highest BCUT2D eigenvalue weighted by Crippen LogP contribution is 2.49. The van der Waals surface area contributed by atoms with Gasteiger partial charge in [-0.25, -0.2) is 0 Å². The number of fused-ring (bicyclic) bond motifs is 3. The molecule has 0 radical (unpaired) electrons. The summed E-state index contributed by atoms with van der Waals surface area (Å²) in [5.74, 6) is 0. The first-order chi connectivity index (χ1) is 17.9. The van der Waals surface area contributed by atoms with Crippen molar-refractivity contribution in [3.63, 3.8) is 0 Å². The second-order valence-electron chi connectivity index (χ2n) is 9.72. The molecule has 0 spiro atoms. The van der Waals surface area contributed by atoms with E-state index >= 15 is 0 Å². The van der Waals surface area contributed by atoms with E-state index in [1.807, 2.05) is 27.7 Å². The first-order valence-electron chi connectivity index (χ1n) is 13.7. The summed E-state index contributed by atoms with van der Waals surface area (Å²) < 4.78 is 0. The van der Waals surface area contributed by atoms with Crippen LogP contribution in [-0.2, 0) is 5.41 Å². The van der Waals surface area contributed by atoms with E-state index in [0.29, 0.717) is 0 Å². The van der Waals surface area contributed by atoms with Crippen LogP contribution in [0.2, 0.25) is 0 Å². The van der Waals surface area contributed by atoms with E-state index in [-0.39, 0.29) is 5.41 Å². The molecule has 0 unspecified atom stereocenters. The fraction of sp³-hybridized carbons (Fsp3) is 0.243. The highest BCUT2D eigenvalue weighted by atomic mass is 14.4. The maximum Gasteiger partial charge on any atom is 0.0159 e. The van der Waals surface area contributed by atoms with Gasteiger partial charge in [0.2, 0.25) is 0 Å². The molecule has 37 heavy (non-hydrogen) atoms. The van der Waals surface area contributed by atoms with E-state index in [2.05, 4.69) is 137 Å². The van der Waals surface area contributed by atoms with E-state index in [1.165, 1.54) is 55.6 Å². The lowest BCUT2D eigenvalue weighted by molar-refractivity contribution is 0.660. The lowest BCUT2D eigenvalue weighted by Gasteiger charge is -2.22. The molecule has 1 aliphatic carbocycles. The molecule has 4 aromatic rings. The lowest BCUT2D eigenvalue weighted by atomic mass is 9.81. The van der Waals surface area contributed by atoms with Crippen molar-refractivity contribution in [2.24, 2.45) is 0 Å². The van der Waals surface area contributed by atoms with Crippen molar-refractivity contribution in [1.29, 1.82) is 0 Å². The van der Waals surface area contributed by atoms with Crippen LogP contribution in [0, 0.1) is 13.8 Å². The molecule has 0 saturated carbocycles. The fourth-order valence-corrected chi connectivity index (χ4v) is 4.72. The second-order valence-corrected chi connectivity index (χ2v) is 9.72. The molecule has 0 aromatic heterocycles. The first-order valence-corrected chi connectivity index (χ1v) is 13.7. The molecule has 0 aliphatic heterocycles. The van der Waals surface area contributed by atoms with Crippen LogP contribution in [0.4, 0.5) is 0 Å². The maximum absolute atomic E-state index is 2.36. The Balaban J connectivity index is 0.000000907. The van der Waals surface area contributed by atoms with Crippen LogP contribution in [0.15, 0.2) is 84.9 Å². The predicted octanol–water partition coefficient (Wildman–Crippen LogP) is 11.0. The molecule has 0 bridgehead atoms. The molecule has 0 amide bonds. The van der Waals surface area contributed by atoms with E-state index in [9.17, 15) is 0 Å². The van der Waals surface area contributed by atoms with Gasteiger partial charge in [-0.1, -0.05) is 162 Å². The molecule has 0 fully saturated rings. The zero-order valence-electron chi connectivity index (χ0n) is 23.9. The Kier molecular flexibility index (Phi) is 9.48. The van der Waals surface area contributed by atoms with Crippen molar-refractivity contribution in [2.45, 2.75) is 60.8 Å². The molecule has 190 valence electrons. The van der Waals surface area contributed by atoms with Gasteiger partial charge in [-0.05, 0) is 58.4 Å². The van der Waals surface area contributed by atoms with Crippen molar-refractivity contribution in [3.8, 4) is 11.1 Å². The summed E-state index contributed by atoms with van der Waals surface area (Å²) in [7, 11) is 0. The van der Waals surface area contributed by atoms with Gasteiger partial charge in [-0.15, -0.1) is 0 Å². The molecule has 0 nitrogen and oxygen atoms in total. The summed E-state index contributed by atoms with van der Waals surface area (Å²) in [4.78, 5) is 0. The highest BCUT2D eigenvalue weighted by molar-refractivity contribution is 5.84. The van der Waals surface area contributed by atoms with Crippen LogP contribution in [0.5, 0.6) is 0 Å². The van der Waals surface area contributed by atoms with Crippen LogP contribution in [0.1, 0.15) is 86.1 Å². The van der Waals surface area contributed by atoms with Gasteiger partial charge in [0.05, 0.1) is 0 Å². The molecule has 0 heteroatoms. The predicted molar refractivity (Wildman–Crippen MR) is 167 cm³/mol. The summed E-state index contributed by atoms with van der Waals surface area (Å²) in [5, 5.41) is 0. The third-order valence-corrected chi connectivity index (χ3v) is 6.82. The Morgan fingerprint density at radius 3 is 1.08 bits per heavy atom. The lowest BCUT2D eigenvalue weighted by Crippen LogP contribution is -2.15. The minimum absolute atomic E-state index is 0.0217. The number of hydrogen-bond acceptors (Lipinski definition) is 0. The molecular weight excluding hydrogens is 444 g/mol. The van der Waals surface area contributed by atoms with Crippen LogP contribution < -0.4 is 0 Å². The van der Waals surface area contributed by atoms with Gasteiger partial charge in [0.25, 0.3) is 0 Å². The topological polar surface area (TPSA) is 0 Å². The van der Waals surface area contributed by atoms with Crippen LogP contribution >= 0.6 is 0 Å². The zero-order chi connectivity index (χ0) is 27.0. The average Bonchev–Trinajstić information content (AvgIpc) is 3.16. The first kappa shape index (κ1) is 27.9. The Hall–Kier alpha value is -3.64. The molecule has 0 heterocycles. The molecule has 0 atom stereocenters. The minimum Gasteiger partial charge on any atom is -0.0683 e. The zero-order valence-corrected chi connectivity index (χ0v) is 23.9. The smallest absolute Gasteiger partial charge is 0.0159 e. The van der Waals surface area contributed by atoms with Crippen LogP contribution in [-0.4, -0.2) is 0 Å². The van der Waals surface area contributed by atoms with Crippen molar-refractivity contribution in [1.82, 2.24) is 0 Å². The monoisotopic (exact) mass is 486 g/mol. The Labute approximate surface area is 225 Å². The second kappa shape index (κ2) is 12.5. The average molecular weight is 487 g/mol. The van der Waals surface area contributed by atoms with E-state index in [1.54, 1.807) is 0 Å². The number of rotatable bonds is 4. The molecule has 0 saturated heterocycles. The Morgan fingerprint density at radius 1 is 0.432 bits per heavy atom. The number of aryl methyl sites for hydroxylation is 2. The summed E-state index contributed by atoms with van der Waals surface area (Å²) >= 11 is 0.